The van der Waals surface area contributed by atoms with Crippen molar-refractivity contribution < 1.29 is 70.9 Å². The molecule has 20 heteroatoms. The molecule has 0 aromatic rings. The third-order valence-electron chi connectivity index (χ3n) is 3.46. The summed E-state index contributed by atoms with van der Waals surface area (Å²) in [6, 6.07) is -1.39. The van der Waals surface area contributed by atoms with Crippen LogP contribution in [0.4, 0.5) is 4.79 Å². The minimum Gasteiger partial charge on any atom is -0.394 e. The Morgan fingerprint density at radius 2 is 1.83 bits per heavy atom. The number of phosphoric acid groups is 3. The van der Waals surface area contributed by atoms with Crippen LogP contribution in [0.1, 0.15) is 6.42 Å². The first-order chi connectivity index (χ1) is 13.1. The lowest BCUT2D eigenvalue weighted by molar-refractivity contribution is -1.01. The number of quaternary nitrogens is 1. The third kappa shape index (κ3) is 6.07. The fourth-order valence-electron chi connectivity index (χ4n) is 2.39. The van der Waals surface area contributed by atoms with Crippen molar-refractivity contribution in [1.29, 1.82) is 0 Å². The van der Waals surface area contributed by atoms with E-state index in [4.69, 9.17) is 25.4 Å². The summed E-state index contributed by atoms with van der Waals surface area (Å²) >= 11 is 0. The van der Waals surface area contributed by atoms with Gasteiger partial charge in [0.05, 0.1) is 19.1 Å². The van der Waals surface area contributed by atoms with Gasteiger partial charge in [-0.1, -0.05) is 4.62 Å². The Bertz CT molecular complexity index is 870. The number of ether oxygens (including phenoxy) is 1. The molecule has 0 aromatic heterocycles. The number of aliphatic hydroxyl groups is 2. The number of hydrogen-bond acceptors (Lipinski definition) is 11. The molecule has 2 amide bonds. The average Bonchev–Trinajstić information content (AvgIpc) is 2.88. The molecule has 17 nitrogen and oxygen atoms in total. The molecule has 0 aromatic carbocycles. The Kier molecular flexibility index (Phi) is 7.02. The highest BCUT2D eigenvalue weighted by Gasteiger charge is 2.59. The predicted molar refractivity (Wildman–Crippen MR) is 87.7 cm³/mol. The third-order valence-corrected chi connectivity index (χ3v) is 7.26. The molecular weight excluding hydrogens is 467 g/mol. The summed E-state index contributed by atoms with van der Waals surface area (Å²) in [5.41, 5.74) is 5.35. The lowest BCUT2D eigenvalue weighted by atomic mass is 10.2. The van der Waals surface area contributed by atoms with E-state index in [-0.39, 0.29) is 5.84 Å². The van der Waals surface area contributed by atoms with Crippen LogP contribution >= 0.6 is 23.5 Å². The lowest BCUT2D eigenvalue weighted by Gasteiger charge is -2.33. The van der Waals surface area contributed by atoms with Crippen molar-refractivity contribution >= 4 is 35.3 Å². The topological polar surface area (TPSA) is 265 Å². The van der Waals surface area contributed by atoms with Crippen LogP contribution < -0.4 is 5.73 Å². The van der Waals surface area contributed by atoms with Gasteiger partial charge in [-0.05, 0) is 4.65 Å². The standard InChI is InChI=1S/C9H16N3O14P3/c10-7-1-2-12(9(15)11-7,8-3-5(14)6(4-13)23-8)24-28(19,20)26-29(21,22)25-27(16,17)18/h1-2,5-6,8,13-14H,3-4H2,(H5-,10,11,15,16,17,18,19,20,21,22)/p+1/t5-,6+,8+,12?/m0/s1. The molecule has 0 saturated carbocycles. The fraction of sp³-hybridized carbons (Fsp3) is 0.556. The molecule has 1 fully saturated rings. The van der Waals surface area contributed by atoms with E-state index in [1.54, 1.807) is 0 Å². The number of carbonyl (C=O) groups is 1. The van der Waals surface area contributed by atoms with Gasteiger partial charge in [0.15, 0.2) is 0 Å². The van der Waals surface area contributed by atoms with E-state index in [0.717, 1.165) is 12.3 Å². The smallest absolute Gasteiger partial charge is 0.394 e. The molecule has 3 unspecified atom stereocenters. The molecule has 0 aliphatic carbocycles. The number of aliphatic imine (C=N–C) groups is 1. The zero-order valence-corrected chi connectivity index (χ0v) is 16.7. The lowest BCUT2D eigenvalue weighted by Crippen LogP contribution is -2.55. The van der Waals surface area contributed by atoms with Gasteiger partial charge in [0.25, 0.3) is 0 Å². The van der Waals surface area contributed by atoms with Crippen molar-refractivity contribution in [3.05, 3.63) is 12.3 Å². The molecule has 0 spiro atoms. The predicted octanol–water partition coefficient (Wildman–Crippen LogP) is -1.47. The Morgan fingerprint density at radius 1 is 1.21 bits per heavy atom. The van der Waals surface area contributed by atoms with E-state index in [9.17, 15) is 33.4 Å². The maximum Gasteiger partial charge on any atom is 0.528 e. The summed E-state index contributed by atoms with van der Waals surface area (Å²) in [4.78, 5) is 51.9. The van der Waals surface area contributed by atoms with Crippen LogP contribution in [-0.4, -0.2) is 71.3 Å². The Labute approximate surface area is 161 Å². The van der Waals surface area contributed by atoms with Crippen LogP contribution in [0.25, 0.3) is 0 Å². The highest BCUT2D eigenvalue weighted by atomic mass is 31.3. The molecule has 2 aliphatic rings. The maximum absolute atomic E-state index is 12.4. The van der Waals surface area contributed by atoms with E-state index in [0.29, 0.717) is 0 Å². The number of aliphatic hydroxyl groups excluding tert-OH is 2. The van der Waals surface area contributed by atoms with E-state index < -0.39 is 65.6 Å². The maximum atomic E-state index is 12.4. The van der Waals surface area contributed by atoms with Gasteiger partial charge in [-0.3, -0.25) is 4.89 Å². The molecular formula is C9H17N3O14P3+. The number of nitrogens with two attached hydrogens (primary N) is 1. The largest absolute Gasteiger partial charge is 0.528 e. The van der Waals surface area contributed by atoms with Gasteiger partial charge in [-0.2, -0.15) is 8.62 Å². The normalized spacial score (nSPS) is 34.5. The van der Waals surface area contributed by atoms with Crippen molar-refractivity contribution in [1.82, 2.24) is 0 Å². The second kappa shape index (κ2) is 8.34. The molecule has 6 atom stereocenters. The monoisotopic (exact) mass is 484 g/mol. The van der Waals surface area contributed by atoms with Crippen LogP contribution in [0.15, 0.2) is 17.3 Å². The summed E-state index contributed by atoms with van der Waals surface area (Å²) in [6.45, 7) is -0.698. The van der Waals surface area contributed by atoms with Gasteiger partial charge < -0.3 is 35.4 Å². The minimum absolute atomic E-state index is 0.351. The molecule has 0 bridgehead atoms. The zero-order valence-electron chi connectivity index (χ0n) is 14.1. The molecule has 1 saturated heterocycles. The second-order valence-corrected chi connectivity index (χ2v) is 9.96. The summed E-state index contributed by atoms with van der Waals surface area (Å²) < 4.78 is 49.7. The molecule has 2 rings (SSSR count). The van der Waals surface area contributed by atoms with Crippen LogP contribution in [-0.2, 0) is 31.7 Å². The number of hydrogen-bond donors (Lipinski definition) is 7. The quantitative estimate of drug-likeness (QED) is 0.153. The average molecular weight is 484 g/mol. The van der Waals surface area contributed by atoms with Crippen molar-refractivity contribution in [3.63, 3.8) is 0 Å². The van der Waals surface area contributed by atoms with Gasteiger partial charge in [0, 0.05) is 6.08 Å². The molecule has 29 heavy (non-hydrogen) atoms. The van der Waals surface area contributed by atoms with Crippen molar-refractivity contribution in [2.45, 2.75) is 24.9 Å². The highest BCUT2D eigenvalue weighted by molar-refractivity contribution is 7.66. The zero-order chi connectivity index (χ0) is 22.3. The van der Waals surface area contributed by atoms with E-state index in [1.165, 1.54) is 0 Å². The fourth-order valence-corrected chi connectivity index (χ4v) is 5.59. The molecule has 0 radical (unpaired) electrons. The van der Waals surface area contributed by atoms with E-state index in [2.05, 4.69) is 18.2 Å². The van der Waals surface area contributed by atoms with Crippen LogP contribution in [0.3, 0.4) is 0 Å². The Hall–Kier alpha value is -0.870. The van der Waals surface area contributed by atoms with Crippen molar-refractivity contribution in [2.75, 3.05) is 6.61 Å². The molecule has 2 aliphatic heterocycles. The number of carbonyl (C=O) groups excluding carboxylic acids is 1. The summed E-state index contributed by atoms with van der Waals surface area (Å²) in [5.74, 6) is -0.351. The van der Waals surface area contributed by atoms with Crippen molar-refractivity contribution in [2.24, 2.45) is 10.7 Å². The highest BCUT2D eigenvalue weighted by Crippen LogP contribution is 2.67. The molecule has 166 valence electrons. The van der Waals surface area contributed by atoms with Gasteiger partial charge in [0.2, 0.25) is 6.23 Å². The Balaban J connectivity index is 2.35. The van der Waals surface area contributed by atoms with Crippen LogP contribution in [0, 0.1) is 0 Å². The SMILES string of the molecule is NC1=NC(=O)[N+](OP(=O)(O)OP(=O)(O)OP(=O)(O)O)([C@H]2C[C@H](O)[C@@H](CO)O2)C=C1. The first-order valence-corrected chi connectivity index (χ1v) is 11.9. The number of nitrogens with zero attached hydrogens (tertiary/aromatic N) is 2. The Morgan fingerprint density at radius 3 is 2.31 bits per heavy atom. The van der Waals surface area contributed by atoms with Crippen molar-refractivity contribution in [3.8, 4) is 0 Å². The molecule has 2 heterocycles. The van der Waals surface area contributed by atoms with Gasteiger partial charge in [-0.15, -0.1) is 4.99 Å². The summed E-state index contributed by atoms with van der Waals surface area (Å²) in [7, 11) is -17.3. The van der Waals surface area contributed by atoms with Crippen LogP contribution in [0.5, 0.6) is 0 Å². The number of amidine groups is 1. The van der Waals surface area contributed by atoms with E-state index in [1.807, 2.05) is 0 Å². The van der Waals surface area contributed by atoms with E-state index >= 15 is 0 Å². The number of hydroxylamine groups is 3. The first-order valence-electron chi connectivity index (χ1n) is 7.35. The summed E-state index contributed by atoms with van der Waals surface area (Å²) in [5, 5.41) is 19.0. The number of urea groups is 1. The second-order valence-electron chi connectivity index (χ2n) is 5.63. The van der Waals surface area contributed by atoms with Gasteiger partial charge >= 0.3 is 29.5 Å². The first kappa shape index (κ1) is 24.4. The number of amides is 2. The number of rotatable bonds is 8. The summed E-state index contributed by atoms with van der Waals surface area (Å²) in [6.07, 6.45) is -2.91. The minimum atomic E-state index is -5.86. The van der Waals surface area contributed by atoms with Crippen LogP contribution in [0.2, 0.25) is 0 Å². The molecule has 8 N–H and O–H groups in total. The van der Waals surface area contributed by atoms with Gasteiger partial charge in [0.1, 0.15) is 18.1 Å². The van der Waals surface area contributed by atoms with Gasteiger partial charge in [-0.25, -0.2) is 18.5 Å².